The Balaban J connectivity index is 1.59. The van der Waals surface area contributed by atoms with Crippen LogP contribution in [0.4, 0.5) is 0 Å². The zero-order chi connectivity index (χ0) is 19.5. The summed E-state index contributed by atoms with van der Waals surface area (Å²) in [5.41, 5.74) is 8.82. The highest BCUT2D eigenvalue weighted by Crippen LogP contribution is 2.61. The van der Waals surface area contributed by atoms with Crippen LogP contribution in [0.15, 0.2) is 53.6 Å². The van der Waals surface area contributed by atoms with Gasteiger partial charge in [0.15, 0.2) is 5.78 Å². The Labute approximate surface area is 169 Å². The lowest BCUT2D eigenvalue weighted by Crippen LogP contribution is -2.37. The fourth-order valence-electron chi connectivity index (χ4n) is 6.91. The molecule has 1 heteroatoms. The molecule has 2 saturated carbocycles. The average Bonchev–Trinajstić information content (AvgIpc) is 3.09. The molecule has 2 fully saturated rings. The second-order valence-electron chi connectivity index (χ2n) is 10.0. The van der Waals surface area contributed by atoms with Crippen LogP contribution in [0.2, 0.25) is 0 Å². The van der Waals surface area contributed by atoms with E-state index in [0.29, 0.717) is 17.6 Å². The highest BCUT2D eigenvalue weighted by Gasteiger charge is 2.49. The van der Waals surface area contributed by atoms with E-state index in [-0.39, 0.29) is 5.92 Å². The zero-order valence-electron chi connectivity index (χ0n) is 17.4. The molecule has 0 aliphatic heterocycles. The van der Waals surface area contributed by atoms with Crippen LogP contribution in [0, 0.1) is 17.3 Å². The number of hydrogen-bond acceptors (Lipinski definition) is 1. The van der Waals surface area contributed by atoms with Gasteiger partial charge in [-0.1, -0.05) is 55.3 Å². The Morgan fingerprint density at radius 2 is 1.89 bits per heavy atom. The van der Waals surface area contributed by atoms with Gasteiger partial charge in [-0.25, -0.2) is 0 Å². The molecule has 4 aliphatic rings. The quantitative estimate of drug-likeness (QED) is 0.546. The first-order chi connectivity index (χ1) is 13.5. The Hall–Kier alpha value is -1.89. The van der Waals surface area contributed by atoms with Crippen molar-refractivity contribution in [1.29, 1.82) is 0 Å². The van der Waals surface area contributed by atoms with Gasteiger partial charge in [-0.3, -0.25) is 4.79 Å². The lowest BCUT2D eigenvalue weighted by atomic mass is 9.56. The first kappa shape index (κ1) is 18.2. The fourth-order valence-corrected chi connectivity index (χ4v) is 6.91. The number of hydrogen-bond donors (Lipinski definition) is 0. The van der Waals surface area contributed by atoms with Gasteiger partial charge in [0.1, 0.15) is 0 Å². The minimum absolute atomic E-state index is 0.259. The molecule has 0 radical (unpaired) electrons. The maximum Gasteiger partial charge on any atom is 0.156 e. The number of benzene rings is 1. The summed E-state index contributed by atoms with van der Waals surface area (Å²) in [5.74, 6) is 2.21. The molecule has 1 nitrogen and oxygen atoms in total. The van der Waals surface area contributed by atoms with Crippen LogP contribution in [-0.4, -0.2) is 5.78 Å². The SMILES string of the molecule is C=C(C)c1ccc(C2CC(=O)C=C3CC[C@@H]4C(=C32)CC[C@]2(C)CCC[C@@H]42)cc1. The number of fused-ring (bicyclic) bond motifs is 4. The maximum absolute atomic E-state index is 12.6. The van der Waals surface area contributed by atoms with Gasteiger partial charge in [-0.2, -0.15) is 0 Å². The molecule has 146 valence electrons. The second-order valence-corrected chi connectivity index (χ2v) is 10.0. The molecule has 0 spiro atoms. The highest BCUT2D eigenvalue weighted by molar-refractivity contribution is 5.94. The van der Waals surface area contributed by atoms with Crippen LogP contribution in [0.25, 0.3) is 5.57 Å². The molecule has 5 rings (SSSR count). The number of ketones is 1. The van der Waals surface area contributed by atoms with Gasteiger partial charge in [0, 0.05) is 12.3 Å². The molecular weight excluding hydrogens is 340 g/mol. The second kappa shape index (κ2) is 6.58. The zero-order valence-corrected chi connectivity index (χ0v) is 17.4. The third kappa shape index (κ3) is 2.78. The molecule has 4 atom stereocenters. The fraction of sp³-hybridized carbons (Fsp3) is 0.519. The van der Waals surface area contributed by atoms with E-state index in [2.05, 4.69) is 44.7 Å². The largest absolute Gasteiger partial charge is 0.295 e. The smallest absolute Gasteiger partial charge is 0.156 e. The minimum Gasteiger partial charge on any atom is -0.295 e. The number of carbonyl (C=O) groups excluding carboxylic acids is 1. The Bertz CT molecular complexity index is 897. The van der Waals surface area contributed by atoms with Crippen LogP contribution >= 0.6 is 0 Å². The molecule has 1 aromatic rings. The van der Waals surface area contributed by atoms with Crippen molar-refractivity contribution in [2.75, 3.05) is 0 Å². The monoisotopic (exact) mass is 372 g/mol. The van der Waals surface area contributed by atoms with Crippen molar-refractivity contribution in [3.8, 4) is 0 Å². The topological polar surface area (TPSA) is 17.1 Å². The summed E-state index contributed by atoms with van der Waals surface area (Å²) in [6, 6.07) is 8.84. The van der Waals surface area contributed by atoms with Gasteiger partial charge in [0.2, 0.25) is 0 Å². The Morgan fingerprint density at radius 3 is 2.64 bits per heavy atom. The van der Waals surface area contributed by atoms with Gasteiger partial charge < -0.3 is 0 Å². The predicted octanol–water partition coefficient (Wildman–Crippen LogP) is 7.01. The summed E-state index contributed by atoms with van der Waals surface area (Å²) < 4.78 is 0. The van der Waals surface area contributed by atoms with E-state index in [1.165, 1.54) is 55.2 Å². The van der Waals surface area contributed by atoms with Gasteiger partial charge in [0.05, 0.1) is 0 Å². The molecular formula is C27H32O. The molecule has 4 aliphatic carbocycles. The van der Waals surface area contributed by atoms with E-state index in [9.17, 15) is 4.79 Å². The molecule has 0 heterocycles. The standard InChI is InChI=1S/C27H32O/c1-17(2)18-6-8-19(9-7-18)24-16-21(28)15-20-10-11-22-23(26(20)24)12-14-27(3)13-4-5-25(22)27/h6-9,15,22,24-25H,1,4-5,10-14,16H2,2-3H3/t22-,24?,25+,27+/m1/s1. The number of allylic oxidation sites excluding steroid dienone is 5. The van der Waals surface area contributed by atoms with Gasteiger partial charge in [-0.15, -0.1) is 0 Å². The van der Waals surface area contributed by atoms with Gasteiger partial charge in [-0.05, 0) is 91.0 Å². The summed E-state index contributed by atoms with van der Waals surface area (Å²) >= 11 is 0. The van der Waals surface area contributed by atoms with Crippen molar-refractivity contribution in [1.82, 2.24) is 0 Å². The molecule has 0 bridgehead atoms. The van der Waals surface area contributed by atoms with Crippen molar-refractivity contribution in [2.24, 2.45) is 17.3 Å². The Kier molecular flexibility index (Phi) is 4.27. The van der Waals surface area contributed by atoms with Crippen molar-refractivity contribution < 1.29 is 4.79 Å². The highest BCUT2D eigenvalue weighted by atomic mass is 16.1. The van der Waals surface area contributed by atoms with Crippen molar-refractivity contribution in [2.45, 2.75) is 71.1 Å². The number of rotatable bonds is 2. The van der Waals surface area contributed by atoms with E-state index in [0.717, 1.165) is 23.8 Å². The van der Waals surface area contributed by atoms with Crippen LogP contribution in [-0.2, 0) is 4.79 Å². The molecule has 28 heavy (non-hydrogen) atoms. The normalized spacial score (nSPS) is 34.4. The summed E-state index contributed by atoms with van der Waals surface area (Å²) in [5, 5.41) is 0. The first-order valence-electron chi connectivity index (χ1n) is 11.2. The molecule has 0 aromatic heterocycles. The van der Waals surface area contributed by atoms with Crippen LogP contribution < -0.4 is 0 Å². The van der Waals surface area contributed by atoms with Crippen LogP contribution in [0.1, 0.15) is 82.3 Å². The minimum atomic E-state index is 0.259. The van der Waals surface area contributed by atoms with E-state index >= 15 is 0 Å². The average molecular weight is 373 g/mol. The van der Waals surface area contributed by atoms with Crippen molar-refractivity contribution in [3.05, 3.63) is 64.8 Å². The summed E-state index contributed by atoms with van der Waals surface area (Å²) in [4.78, 5) is 12.6. The molecule has 0 saturated heterocycles. The molecule has 1 aromatic carbocycles. The van der Waals surface area contributed by atoms with Gasteiger partial charge in [0.25, 0.3) is 0 Å². The maximum atomic E-state index is 12.6. The first-order valence-corrected chi connectivity index (χ1v) is 11.2. The summed E-state index contributed by atoms with van der Waals surface area (Å²) in [7, 11) is 0. The third-order valence-corrected chi connectivity index (χ3v) is 8.37. The van der Waals surface area contributed by atoms with Crippen molar-refractivity contribution >= 4 is 11.4 Å². The lowest BCUT2D eigenvalue weighted by Gasteiger charge is -2.48. The molecule has 0 N–H and O–H groups in total. The van der Waals surface area contributed by atoms with E-state index in [4.69, 9.17) is 0 Å². The molecule has 1 unspecified atom stereocenters. The Morgan fingerprint density at radius 1 is 1.11 bits per heavy atom. The van der Waals surface area contributed by atoms with Crippen molar-refractivity contribution in [3.63, 3.8) is 0 Å². The van der Waals surface area contributed by atoms with E-state index < -0.39 is 0 Å². The summed E-state index contributed by atoms with van der Waals surface area (Å²) in [6.45, 7) is 8.67. The van der Waals surface area contributed by atoms with Gasteiger partial charge >= 0.3 is 0 Å². The summed E-state index contributed by atoms with van der Waals surface area (Å²) in [6.07, 6.45) is 11.8. The molecule has 0 amide bonds. The number of carbonyl (C=O) groups is 1. The van der Waals surface area contributed by atoms with Crippen LogP contribution in [0.5, 0.6) is 0 Å². The van der Waals surface area contributed by atoms with Crippen LogP contribution in [0.3, 0.4) is 0 Å². The van der Waals surface area contributed by atoms with E-state index in [1.807, 2.05) is 6.08 Å². The third-order valence-electron chi connectivity index (χ3n) is 8.37. The van der Waals surface area contributed by atoms with E-state index in [1.54, 1.807) is 11.1 Å². The predicted molar refractivity (Wildman–Crippen MR) is 116 cm³/mol. The lowest BCUT2D eigenvalue weighted by molar-refractivity contribution is -0.115.